The molecule has 1 aromatic rings. The number of hydrogen-bond acceptors (Lipinski definition) is 4. The summed E-state index contributed by atoms with van der Waals surface area (Å²) in [6, 6.07) is 2.84. The van der Waals surface area contributed by atoms with Gasteiger partial charge in [0.1, 0.15) is 5.75 Å². The Bertz CT molecular complexity index is 712. The molecule has 1 atom stereocenters. The van der Waals surface area contributed by atoms with E-state index in [-0.39, 0.29) is 35.7 Å². The highest BCUT2D eigenvalue weighted by Crippen LogP contribution is 2.27. The number of esters is 1. The van der Waals surface area contributed by atoms with E-state index in [1.165, 1.54) is 12.1 Å². The fraction of sp³-hybridized carbons (Fsp3) is 0.462. The van der Waals surface area contributed by atoms with Gasteiger partial charge in [-0.15, -0.1) is 0 Å². The zero-order chi connectivity index (χ0) is 19.4. The fourth-order valence-corrected chi connectivity index (χ4v) is 2.76. The topological polar surface area (TPSA) is 80.7 Å². The summed E-state index contributed by atoms with van der Waals surface area (Å²) in [5.41, 5.74) is 0.580. The van der Waals surface area contributed by atoms with Crippen molar-refractivity contribution >= 4 is 39.6 Å². The average molecular weight is 370 g/mol. The van der Waals surface area contributed by atoms with Gasteiger partial charge in [-0.3, -0.25) is 4.55 Å². The molecule has 1 aromatic carbocycles. The van der Waals surface area contributed by atoms with Gasteiger partial charge < -0.3 is 4.74 Å². The Balaban J connectivity index is 3.29. The predicted molar refractivity (Wildman–Crippen MR) is 86.5 cm³/mol. The number of carbonyl (C=O) groups is 1. The molecule has 0 fully saturated rings. The summed E-state index contributed by atoms with van der Waals surface area (Å²) in [6.07, 6.45) is -8.57. The molecule has 0 spiro atoms. The second-order valence-corrected chi connectivity index (χ2v) is 6.58. The van der Waals surface area contributed by atoms with Crippen molar-refractivity contribution in [1.82, 2.24) is 0 Å². The highest BCUT2D eigenvalue weighted by atomic mass is 32.2. The largest absolute Gasteiger partial charge is 0.448 e. The molecule has 0 bridgehead atoms. The minimum atomic E-state index is -5.20. The zero-order valence-corrected chi connectivity index (χ0v) is 13.7. The number of rotatable bonds is 7. The summed E-state index contributed by atoms with van der Waals surface area (Å²) in [4.78, 5) is 12.2. The second kappa shape index (κ2) is 8.31. The summed E-state index contributed by atoms with van der Waals surface area (Å²) in [7, 11) is 11.5. The van der Waals surface area contributed by atoms with E-state index in [1.807, 2.05) is 0 Å². The number of ether oxygens (including phenoxy) is 1. The number of alkyl halides is 3. The van der Waals surface area contributed by atoms with E-state index < -0.39 is 34.1 Å². The van der Waals surface area contributed by atoms with Crippen LogP contribution in [0.3, 0.4) is 0 Å². The van der Waals surface area contributed by atoms with Crippen LogP contribution in [0.4, 0.5) is 13.2 Å². The molecule has 12 heteroatoms. The van der Waals surface area contributed by atoms with Gasteiger partial charge in [0.2, 0.25) is 6.10 Å². The van der Waals surface area contributed by atoms with E-state index in [4.69, 9.17) is 28.1 Å². The first-order valence-corrected chi connectivity index (χ1v) is 8.51. The lowest BCUT2D eigenvalue weighted by Crippen LogP contribution is -2.39. The standard InChI is InChI=1S/C13H12B3F3O5S/c14-3-7-1-8(4-15)11(9(2-7)5-16)12(20)24-10(13(17,18)19)6-25(21,22)23/h1-2,10H,3-6H2,(H,21,22,23). The Labute approximate surface area is 147 Å². The molecule has 130 valence electrons. The molecule has 0 aliphatic carbocycles. The molecular weight excluding hydrogens is 358 g/mol. The third-order valence-electron chi connectivity index (χ3n) is 3.22. The molecule has 0 heterocycles. The Morgan fingerprint density at radius 1 is 1.12 bits per heavy atom. The van der Waals surface area contributed by atoms with Crippen molar-refractivity contribution in [2.24, 2.45) is 0 Å². The average Bonchev–Trinajstić information content (AvgIpc) is 2.50. The molecule has 0 saturated carbocycles. The van der Waals surface area contributed by atoms with Crippen molar-refractivity contribution in [3.63, 3.8) is 0 Å². The van der Waals surface area contributed by atoms with Gasteiger partial charge in [0, 0.05) is 0 Å². The van der Waals surface area contributed by atoms with E-state index in [2.05, 4.69) is 4.74 Å². The lowest BCUT2D eigenvalue weighted by molar-refractivity contribution is -0.197. The van der Waals surface area contributed by atoms with Crippen molar-refractivity contribution in [2.75, 3.05) is 5.75 Å². The normalized spacial score (nSPS) is 13.4. The van der Waals surface area contributed by atoms with E-state index in [1.54, 1.807) is 0 Å². The molecule has 5 nitrogen and oxygen atoms in total. The second-order valence-electron chi connectivity index (χ2n) is 5.09. The van der Waals surface area contributed by atoms with Crippen LogP contribution >= 0.6 is 0 Å². The number of halogens is 3. The lowest BCUT2D eigenvalue weighted by atomic mass is 9.82. The zero-order valence-electron chi connectivity index (χ0n) is 12.9. The number of hydrogen-bond donors (Lipinski definition) is 1. The Hall–Kier alpha value is -1.42. The van der Waals surface area contributed by atoms with Crippen molar-refractivity contribution in [3.05, 3.63) is 34.4 Å². The lowest BCUT2D eigenvalue weighted by Gasteiger charge is -2.21. The Morgan fingerprint density at radius 2 is 1.60 bits per heavy atom. The first kappa shape index (κ1) is 21.6. The molecule has 0 aromatic heterocycles. The van der Waals surface area contributed by atoms with Crippen LogP contribution < -0.4 is 0 Å². The van der Waals surface area contributed by atoms with Gasteiger partial charge >= 0.3 is 12.1 Å². The molecule has 0 aliphatic rings. The van der Waals surface area contributed by atoms with Crippen molar-refractivity contribution < 1.29 is 35.7 Å². The smallest absolute Gasteiger partial charge is 0.426 e. The maximum atomic E-state index is 12.9. The first-order chi connectivity index (χ1) is 11.4. The van der Waals surface area contributed by atoms with Crippen LogP contribution in [-0.4, -0.2) is 60.5 Å². The monoisotopic (exact) mass is 370 g/mol. The van der Waals surface area contributed by atoms with Crippen LogP contribution in [0.5, 0.6) is 0 Å². The van der Waals surface area contributed by atoms with Crippen LogP contribution in [-0.2, 0) is 33.8 Å². The van der Waals surface area contributed by atoms with Crippen LogP contribution in [0.25, 0.3) is 0 Å². The van der Waals surface area contributed by atoms with E-state index in [0.717, 1.165) is 0 Å². The predicted octanol–water partition coefficient (Wildman–Crippen LogP) is 0.668. The minimum absolute atomic E-state index is 0.0866. The highest BCUT2D eigenvalue weighted by Gasteiger charge is 2.45. The van der Waals surface area contributed by atoms with Gasteiger partial charge in [0.15, 0.2) is 0 Å². The molecule has 0 amide bonds. The van der Waals surface area contributed by atoms with Gasteiger partial charge in [0.25, 0.3) is 10.1 Å². The van der Waals surface area contributed by atoms with Gasteiger partial charge in [0.05, 0.1) is 29.1 Å². The van der Waals surface area contributed by atoms with Crippen LogP contribution in [0.1, 0.15) is 27.0 Å². The van der Waals surface area contributed by atoms with Gasteiger partial charge in [-0.2, -0.15) is 21.6 Å². The minimum Gasteiger partial charge on any atom is -0.448 e. The molecule has 1 unspecified atom stereocenters. The van der Waals surface area contributed by atoms with Crippen molar-refractivity contribution in [3.8, 4) is 0 Å². The van der Waals surface area contributed by atoms with E-state index in [0.29, 0.717) is 5.56 Å². The van der Waals surface area contributed by atoms with Crippen molar-refractivity contribution in [1.29, 1.82) is 0 Å². The first-order valence-electron chi connectivity index (χ1n) is 6.90. The Kier molecular flexibility index (Phi) is 7.19. The number of benzene rings is 1. The summed E-state index contributed by atoms with van der Waals surface area (Å²) in [5.74, 6) is -3.27. The summed E-state index contributed by atoms with van der Waals surface area (Å²) in [5, 5.41) is 0. The molecule has 1 N–H and O–H groups in total. The van der Waals surface area contributed by atoms with Crippen LogP contribution in [0.2, 0.25) is 0 Å². The van der Waals surface area contributed by atoms with Crippen molar-refractivity contribution in [2.45, 2.75) is 31.2 Å². The number of carbonyl (C=O) groups excluding carboxylic acids is 1. The maximum Gasteiger partial charge on any atom is 0.426 e. The highest BCUT2D eigenvalue weighted by molar-refractivity contribution is 7.85. The van der Waals surface area contributed by atoms with Crippen LogP contribution in [0, 0.1) is 0 Å². The third-order valence-corrected chi connectivity index (χ3v) is 3.94. The summed E-state index contributed by atoms with van der Waals surface area (Å²) in [6.45, 7) is 0. The molecule has 6 radical (unpaired) electrons. The summed E-state index contributed by atoms with van der Waals surface area (Å²) >= 11 is 0. The molecule has 0 saturated heterocycles. The van der Waals surface area contributed by atoms with E-state index in [9.17, 15) is 26.4 Å². The SMILES string of the molecule is [B]Cc1cc(C[B])c(C(=O)OC(CS(=O)(=O)O)C(F)(F)F)c(C[B])c1. The summed E-state index contributed by atoms with van der Waals surface area (Å²) < 4.78 is 73.1. The van der Waals surface area contributed by atoms with Gasteiger partial charge in [-0.1, -0.05) is 36.7 Å². The van der Waals surface area contributed by atoms with Gasteiger partial charge in [-0.25, -0.2) is 4.79 Å². The molecular formula is C13H12B3F3O5S. The quantitative estimate of drug-likeness (QED) is 0.434. The molecule has 25 heavy (non-hydrogen) atoms. The fourth-order valence-electron chi connectivity index (χ4n) is 2.12. The Morgan fingerprint density at radius 3 is 1.92 bits per heavy atom. The molecule has 1 rings (SSSR count). The van der Waals surface area contributed by atoms with E-state index >= 15 is 0 Å². The molecule has 0 aliphatic heterocycles. The van der Waals surface area contributed by atoms with Crippen LogP contribution in [0.15, 0.2) is 12.1 Å². The third kappa shape index (κ3) is 6.11. The van der Waals surface area contributed by atoms with Gasteiger partial charge in [-0.05, 0) is 11.1 Å². The maximum absolute atomic E-state index is 12.9.